The number of hydrogen-bond donors (Lipinski definition) is 1. The van der Waals surface area contributed by atoms with Gasteiger partial charge < -0.3 is 5.32 Å². The van der Waals surface area contributed by atoms with E-state index >= 15 is 0 Å². The Morgan fingerprint density at radius 2 is 1.83 bits per heavy atom. The van der Waals surface area contributed by atoms with Crippen LogP contribution >= 0.6 is 15.9 Å². The fourth-order valence-electron chi connectivity index (χ4n) is 1.69. The molecule has 2 aromatic rings. The van der Waals surface area contributed by atoms with E-state index in [0.29, 0.717) is 5.92 Å². The lowest BCUT2D eigenvalue weighted by Crippen LogP contribution is -2.01. The molecule has 0 amide bonds. The predicted molar refractivity (Wildman–Crippen MR) is 79.8 cm³/mol. The highest BCUT2D eigenvalue weighted by molar-refractivity contribution is 9.10. The first-order chi connectivity index (χ1) is 8.65. The lowest BCUT2D eigenvalue weighted by atomic mass is 10.0. The van der Waals surface area contributed by atoms with Crippen LogP contribution in [-0.2, 0) is 6.54 Å². The zero-order chi connectivity index (χ0) is 13.0. The first-order valence-corrected chi connectivity index (χ1v) is 6.88. The van der Waals surface area contributed by atoms with E-state index in [1.807, 2.05) is 12.1 Å². The Morgan fingerprint density at radius 1 is 1.11 bits per heavy atom. The number of nitrogens with one attached hydrogen (secondary N) is 1. The van der Waals surface area contributed by atoms with Gasteiger partial charge in [0.2, 0.25) is 0 Å². The summed E-state index contributed by atoms with van der Waals surface area (Å²) in [4.78, 5) is 4.28. The molecule has 0 saturated carbocycles. The fourth-order valence-corrected chi connectivity index (χ4v) is 1.93. The summed E-state index contributed by atoms with van der Waals surface area (Å²) in [6, 6.07) is 12.7. The Morgan fingerprint density at radius 3 is 2.39 bits per heavy atom. The van der Waals surface area contributed by atoms with Crippen molar-refractivity contribution in [2.45, 2.75) is 26.3 Å². The first-order valence-electron chi connectivity index (χ1n) is 6.09. The Hall–Kier alpha value is -1.35. The predicted octanol–water partition coefficient (Wildman–Crippen LogP) is 4.58. The number of anilines is 1. The van der Waals surface area contributed by atoms with E-state index in [2.05, 4.69) is 64.3 Å². The maximum absolute atomic E-state index is 4.28. The van der Waals surface area contributed by atoms with E-state index in [0.717, 1.165) is 16.8 Å². The van der Waals surface area contributed by atoms with Crippen LogP contribution in [0.1, 0.15) is 30.9 Å². The molecule has 0 spiro atoms. The minimum Gasteiger partial charge on any atom is -0.366 e. The van der Waals surface area contributed by atoms with Crippen LogP contribution in [0.15, 0.2) is 47.1 Å². The van der Waals surface area contributed by atoms with Crippen LogP contribution in [0, 0.1) is 0 Å². The van der Waals surface area contributed by atoms with E-state index < -0.39 is 0 Å². The summed E-state index contributed by atoms with van der Waals surface area (Å²) in [5, 5.41) is 3.30. The van der Waals surface area contributed by atoms with E-state index in [9.17, 15) is 0 Å². The second-order valence-corrected chi connectivity index (χ2v) is 5.53. The molecule has 2 nitrogen and oxygen atoms in total. The highest BCUT2D eigenvalue weighted by atomic mass is 79.9. The normalized spacial score (nSPS) is 10.7. The number of pyridine rings is 1. The Labute approximate surface area is 117 Å². The average molecular weight is 305 g/mol. The number of halogens is 1. The third kappa shape index (κ3) is 3.57. The summed E-state index contributed by atoms with van der Waals surface area (Å²) < 4.78 is 0.995. The molecule has 0 unspecified atom stereocenters. The number of aromatic nitrogens is 1. The van der Waals surface area contributed by atoms with Crippen molar-refractivity contribution in [2.75, 3.05) is 5.32 Å². The van der Waals surface area contributed by atoms with Gasteiger partial charge in [0.15, 0.2) is 0 Å². The molecule has 0 aliphatic heterocycles. The largest absolute Gasteiger partial charge is 0.366 e. The van der Waals surface area contributed by atoms with Gasteiger partial charge in [-0.1, -0.05) is 38.1 Å². The Bertz CT molecular complexity index is 489. The number of rotatable bonds is 4. The molecule has 0 fully saturated rings. The molecule has 3 heteroatoms. The van der Waals surface area contributed by atoms with Crippen molar-refractivity contribution in [2.24, 2.45) is 0 Å². The van der Waals surface area contributed by atoms with Crippen molar-refractivity contribution in [3.05, 3.63) is 58.2 Å². The zero-order valence-corrected chi connectivity index (χ0v) is 12.2. The van der Waals surface area contributed by atoms with Crippen LogP contribution in [0.5, 0.6) is 0 Å². The van der Waals surface area contributed by atoms with E-state index in [4.69, 9.17) is 0 Å². The molecule has 0 aliphatic carbocycles. The lowest BCUT2D eigenvalue weighted by Gasteiger charge is -2.08. The third-order valence-corrected chi connectivity index (χ3v) is 3.32. The van der Waals surface area contributed by atoms with Gasteiger partial charge in [0.1, 0.15) is 5.82 Å². The minimum absolute atomic E-state index is 0.583. The molecule has 94 valence electrons. The molecule has 18 heavy (non-hydrogen) atoms. The third-order valence-electron chi connectivity index (χ3n) is 2.85. The molecule has 0 saturated heterocycles. The molecular formula is C15H17BrN2. The van der Waals surface area contributed by atoms with Gasteiger partial charge in [-0.25, -0.2) is 4.98 Å². The molecule has 0 radical (unpaired) electrons. The van der Waals surface area contributed by atoms with Crippen LogP contribution in [0.2, 0.25) is 0 Å². The van der Waals surface area contributed by atoms with E-state index in [-0.39, 0.29) is 0 Å². The molecule has 1 aromatic carbocycles. The highest BCUT2D eigenvalue weighted by Crippen LogP contribution is 2.16. The molecule has 0 bridgehead atoms. The molecule has 0 aliphatic rings. The van der Waals surface area contributed by atoms with Crippen molar-refractivity contribution in [1.82, 2.24) is 4.98 Å². The number of benzene rings is 1. The SMILES string of the molecule is CC(C)c1ccc(CNc2ccc(Br)cn2)cc1. The summed E-state index contributed by atoms with van der Waals surface area (Å²) in [5.41, 5.74) is 2.64. The van der Waals surface area contributed by atoms with Crippen molar-refractivity contribution < 1.29 is 0 Å². The smallest absolute Gasteiger partial charge is 0.126 e. The minimum atomic E-state index is 0.583. The van der Waals surface area contributed by atoms with Gasteiger partial charge in [-0.2, -0.15) is 0 Å². The van der Waals surface area contributed by atoms with Crippen molar-refractivity contribution in [1.29, 1.82) is 0 Å². The van der Waals surface area contributed by atoms with Crippen molar-refractivity contribution in [3.8, 4) is 0 Å². The molecular weight excluding hydrogens is 288 g/mol. The van der Waals surface area contributed by atoms with Crippen LogP contribution in [0.4, 0.5) is 5.82 Å². The molecule has 0 atom stereocenters. The summed E-state index contributed by atoms with van der Waals surface area (Å²) >= 11 is 3.37. The van der Waals surface area contributed by atoms with Crippen LogP contribution in [-0.4, -0.2) is 4.98 Å². The van der Waals surface area contributed by atoms with Crippen LogP contribution in [0.3, 0.4) is 0 Å². The summed E-state index contributed by atoms with van der Waals surface area (Å²) in [7, 11) is 0. The molecule has 1 N–H and O–H groups in total. The maximum Gasteiger partial charge on any atom is 0.126 e. The van der Waals surface area contributed by atoms with Gasteiger partial charge in [0.05, 0.1) is 0 Å². The monoisotopic (exact) mass is 304 g/mol. The Balaban J connectivity index is 1.95. The van der Waals surface area contributed by atoms with Crippen LogP contribution in [0.25, 0.3) is 0 Å². The molecule has 2 rings (SSSR count). The van der Waals surface area contributed by atoms with E-state index in [1.54, 1.807) is 6.20 Å². The number of hydrogen-bond acceptors (Lipinski definition) is 2. The lowest BCUT2D eigenvalue weighted by molar-refractivity contribution is 0.865. The fraction of sp³-hybridized carbons (Fsp3) is 0.267. The Kier molecular flexibility index (Phi) is 4.37. The van der Waals surface area contributed by atoms with Gasteiger partial charge in [-0.15, -0.1) is 0 Å². The molecule has 1 heterocycles. The average Bonchev–Trinajstić information content (AvgIpc) is 2.38. The second kappa shape index (κ2) is 6.01. The summed E-state index contributed by atoms with van der Waals surface area (Å²) in [6.07, 6.45) is 1.80. The highest BCUT2D eigenvalue weighted by Gasteiger charge is 1.99. The van der Waals surface area contributed by atoms with Gasteiger partial charge >= 0.3 is 0 Å². The van der Waals surface area contributed by atoms with Crippen LogP contribution < -0.4 is 5.32 Å². The van der Waals surface area contributed by atoms with Crippen molar-refractivity contribution in [3.63, 3.8) is 0 Å². The van der Waals surface area contributed by atoms with Gasteiger partial charge in [0.25, 0.3) is 0 Å². The topological polar surface area (TPSA) is 24.9 Å². The quantitative estimate of drug-likeness (QED) is 0.894. The second-order valence-electron chi connectivity index (χ2n) is 4.61. The van der Waals surface area contributed by atoms with E-state index in [1.165, 1.54) is 11.1 Å². The zero-order valence-electron chi connectivity index (χ0n) is 10.7. The standard InChI is InChI=1S/C15H17BrN2/c1-11(2)13-5-3-12(4-6-13)9-17-15-8-7-14(16)10-18-15/h3-8,10-11H,9H2,1-2H3,(H,17,18). The van der Waals surface area contributed by atoms with Gasteiger partial charge in [-0.3, -0.25) is 0 Å². The summed E-state index contributed by atoms with van der Waals surface area (Å²) in [5.74, 6) is 1.48. The van der Waals surface area contributed by atoms with Crippen molar-refractivity contribution >= 4 is 21.7 Å². The molecule has 1 aromatic heterocycles. The van der Waals surface area contributed by atoms with Gasteiger partial charge in [0, 0.05) is 17.2 Å². The number of nitrogens with zero attached hydrogens (tertiary/aromatic N) is 1. The summed E-state index contributed by atoms with van der Waals surface area (Å²) in [6.45, 7) is 5.21. The maximum atomic E-state index is 4.28. The first kappa shape index (κ1) is 13.1. The van der Waals surface area contributed by atoms with Gasteiger partial charge in [-0.05, 0) is 45.1 Å².